The first kappa shape index (κ1) is 18.6. The summed E-state index contributed by atoms with van der Waals surface area (Å²) in [7, 11) is 0. The predicted molar refractivity (Wildman–Crippen MR) is 112 cm³/mol. The molecule has 0 aliphatic carbocycles. The zero-order valence-electron chi connectivity index (χ0n) is 16.7. The van der Waals surface area contributed by atoms with Crippen LogP contribution in [-0.4, -0.2) is 60.4 Å². The van der Waals surface area contributed by atoms with Crippen LogP contribution < -0.4 is 15.1 Å². The van der Waals surface area contributed by atoms with Crippen LogP contribution in [0.4, 0.5) is 23.1 Å². The molecule has 0 bridgehead atoms. The molecule has 8 heteroatoms. The highest BCUT2D eigenvalue weighted by atomic mass is 16.7. The first-order valence-corrected chi connectivity index (χ1v) is 10.6. The molecule has 1 aromatic carbocycles. The number of rotatable bonds is 4. The van der Waals surface area contributed by atoms with Crippen LogP contribution >= 0.6 is 0 Å². The summed E-state index contributed by atoms with van der Waals surface area (Å²) in [5, 5.41) is 11.7. The number of aromatic nitrogens is 3. The van der Waals surface area contributed by atoms with E-state index in [-0.39, 0.29) is 0 Å². The molecule has 3 aliphatic heterocycles. The topological polar surface area (TPSA) is 75.6 Å². The summed E-state index contributed by atoms with van der Waals surface area (Å²) >= 11 is 0. The Hall–Kier alpha value is -2.45. The highest BCUT2D eigenvalue weighted by molar-refractivity contribution is 5.61. The fourth-order valence-corrected chi connectivity index (χ4v) is 4.38. The molecule has 1 aromatic heterocycles. The molecular weight excluding hydrogens is 368 g/mol. The molecule has 1 N–H and O–H groups in total. The summed E-state index contributed by atoms with van der Waals surface area (Å²) in [6.45, 7) is 5.28. The molecule has 29 heavy (non-hydrogen) atoms. The Morgan fingerprint density at radius 2 is 1.59 bits per heavy atom. The first-order valence-electron chi connectivity index (χ1n) is 10.6. The second kappa shape index (κ2) is 8.12. The molecule has 0 amide bonds. The van der Waals surface area contributed by atoms with E-state index in [0.717, 1.165) is 44.7 Å². The van der Waals surface area contributed by atoms with E-state index in [1.54, 1.807) is 6.20 Å². The third-order valence-electron chi connectivity index (χ3n) is 6.03. The summed E-state index contributed by atoms with van der Waals surface area (Å²) in [6.07, 6.45) is 7.22. The van der Waals surface area contributed by atoms with Gasteiger partial charge in [-0.15, -0.1) is 5.10 Å². The van der Waals surface area contributed by atoms with Crippen molar-refractivity contribution in [2.45, 2.75) is 37.9 Å². The van der Waals surface area contributed by atoms with E-state index in [1.165, 1.54) is 24.9 Å². The second-order valence-electron chi connectivity index (χ2n) is 7.96. The molecule has 154 valence electrons. The molecule has 3 saturated heterocycles. The van der Waals surface area contributed by atoms with Gasteiger partial charge in [-0.05, 0) is 43.5 Å². The van der Waals surface area contributed by atoms with Gasteiger partial charge in [-0.1, -0.05) is 0 Å². The predicted octanol–water partition coefficient (Wildman–Crippen LogP) is 2.95. The molecule has 0 radical (unpaired) electrons. The molecule has 0 atom stereocenters. The van der Waals surface area contributed by atoms with E-state index >= 15 is 0 Å². The molecule has 3 aliphatic rings. The van der Waals surface area contributed by atoms with Crippen molar-refractivity contribution in [3.05, 3.63) is 30.5 Å². The van der Waals surface area contributed by atoms with Crippen molar-refractivity contribution in [3.8, 4) is 0 Å². The van der Waals surface area contributed by atoms with E-state index in [4.69, 9.17) is 9.47 Å². The minimum absolute atomic E-state index is 0.393. The number of hydrogen-bond acceptors (Lipinski definition) is 8. The lowest BCUT2D eigenvalue weighted by atomic mass is 10.0. The number of nitrogens with one attached hydrogen (secondary N) is 1. The maximum atomic E-state index is 5.80. The molecule has 1 spiro atoms. The van der Waals surface area contributed by atoms with E-state index < -0.39 is 5.79 Å². The maximum absolute atomic E-state index is 5.80. The summed E-state index contributed by atoms with van der Waals surface area (Å²) < 4.78 is 11.6. The number of nitrogens with zero attached hydrogens (tertiary/aromatic N) is 5. The maximum Gasteiger partial charge on any atom is 0.247 e. The average molecular weight is 396 g/mol. The Bertz CT molecular complexity index is 808. The van der Waals surface area contributed by atoms with E-state index in [9.17, 15) is 0 Å². The van der Waals surface area contributed by atoms with Crippen molar-refractivity contribution in [1.29, 1.82) is 0 Å². The van der Waals surface area contributed by atoms with Crippen molar-refractivity contribution in [1.82, 2.24) is 15.2 Å². The van der Waals surface area contributed by atoms with Crippen LogP contribution in [-0.2, 0) is 9.47 Å². The summed E-state index contributed by atoms with van der Waals surface area (Å²) in [5.41, 5.74) is 2.29. The lowest BCUT2D eigenvalue weighted by Gasteiger charge is -2.37. The van der Waals surface area contributed by atoms with Gasteiger partial charge in [-0.25, -0.2) is 0 Å². The van der Waals surface area contributed by atoms with Crippen LogP contribution in [0.15, 0.2) is 30.5 Å². The number of piperidine rings is 2. The Morgan fingerprint density at radius 3 is 2.31 bits per heavy atom. The lowest BCUT2D eigenvalue weighted by molar-refractivity contribution is -0.169. The molecule has 0 saturated carbocycles. The zero-order chi connectivity index (χ0) is 19.5. The second-order valence-corrected chi connectivity index (χ2v) is 7.96. The van der Waals surface area contributed by atoms with Gasteiger partial charge in [-0.2, -0.15) is 10.1 Å². The zero-order valence-corrected chi connectivity index (χ0v) is 16.7. The normalized spacial score (nSPS) is 21.5. The van der Waals surface area contributed by atoms with E-state index in [2.05, 4.69) is 54.6 Å². The smallest absolute Gasteiger partial charge is 0.247 e. The van der Waals surface area contributed by atoms with Crippen LogP contribution in [0, 0.1) is 0 Å². The SMILES string of the molecule is c1cc(N2CCCCC2)ccc1Nc1cnnc(N2CCC3(CC2)OCCO3)n1. The van der Waals surface area contributed by atoms with Crippen molar-refractivity contribution in [3.63, 3.8) is 0 Å². The minimum Gasteiger partial charge on any atom is -0.372 e. The largest absolute Gasteiger partial charge is 0.372 e. The van der Waals surface area contributed by atoms with Gasteiger partial charge < -0.3 is 24.6 Å². The Kier molecular flexibility index (Phi) is 5.20. The number of benzene rings is 1. The van der Waals surface area contributed by atoms with Gasteiger partial charge >= 0.3 is 0 Å². The summed E-state index contributed by atoms with van der Waals surface area (Å²) in [5.74, 6) is 0.956. The Balaban J connectivity index is 1.22. The fourth-order valence-electron chi connectivity index (χ4n) is 4.38. The molecule has 5 rings (SSSR count). The summed E-state index contributed by atoms with van der Waals surface area (Å²) in [4.78, 5) is 9.27. The average Bonchev–Trinajstić information content (AvgIpc) is 3.23. The van der Waals surface area contributed by atoms with Gasteiger partial charge in [0.1, 0.15) is 0 Å². The molecule has 2 aromatic rings. The molecular formula is C21H28N6O2. The van der Waals surface area contributed by atoms with Crippen molar-refractivity contribution in [2.24, 2.45) is 0 Å². The van der Waals surface area contributed by atoms with Crippen LogP contribution in [0.5, 0.6) is 0 Å². The van der Waals surface area contributed by atoms with Crippen molar-refractivity contribution < 1.29 is 9.47 Å². The van der Waals surface area contributed by atoms with E-state index in [0.29, 0.717) is 25.0 Å². The monoisotopic (exact) mass is 396 g/mol. The third-order valence-corrected chi connectivity index (χ3v) is 6.03. The highest BCUT2D eigenvalue weighted by Crippen LogP contribution is 2.32. The summed E-state index contributed by atoms with van der Waals surface area (Å²) in [6, 6.07) is 8.56. The lowest BCUT2D eigenvalue weighted by Crippen LogP contribution is -2.45. The quantitative estimate of drug-likeness (QED) is 0.845. The molecule has 8 nitrogen and oxygen atoms in total. The number of ether oxygens (including phenoxy) is 2. The van der Waals surface area contributed by atoms with E-state index in [1.807, 2.05) is 0 Å². The molecule has 3 fully saturated rings. The van der Waals surface area contributed by atoms with Crippen molar-refractivity contribution >= 4 is 23.1 Å². The number of anilines is 4. The Labute approximate surface area is 171 Å². The van der Waals surface area contributed by atoms with Gasteiger partial charge in [0, 0.05) is 50.4 Å². The van der Waals surface area contributed by atoms with Crippen LogP contribution in [0.1, 0.15) is 32.1 Å². The standard InChI is InChI=1S/C21H28N6O2/c1-2-10-26(11-3-1)18-6-4-17(5-7-18)23-19-16-22-25-20(24-19)27-12-8-21(9-13-27)28-14-15-29-21/h4-7,16H,1-3,8-15H2,(H,23,24,25). The highest BCUT2D eigenvalue weighted by Gasteiger charge is 2.40. The minimum atomic E-state index is -0.393. The molecule has 0 unspecified atom stereocenters. The van der Waals surface area contributed by atoms with Crippen LogP contribution in [0.3, 0.4) is 0 Å². The third kappa shape index (κ3) is 4.13. The Morgan fingerprint density at radius 1 is 0.862 bits per heavy atom. The van der Waals surface area contributed by atoms with Crippen LogP contribution in [0.25, 0.3) is 0 Å². The van der Waals surface area contributed by atoms with Gasteiger partial charge in [-0.3, -0.25) is 0 Å². The van der Waals surface area contributed by atoms with Crippen LogP contribution in [0.2, 0.25) is 0 Å². The number of hydrogen-bond donors (Lipinski definition) is 1. The van der Waals surface area contributed by atoms with Gasteiger partial charge in [0.05, 0.1) is 19.4 Å². The van der Waals surface area contributed by atoms with Gasteiger partial charge in [0.15, 0.2) is 11.6 Å². The van der Waals surface area contributed by atoms with Gasteiger partial charge in [0.2, 0.25) is 5.95 Å². The molecule has 4 heterocycles. The fraction of sp³-hybridized carbons (Fsp3) is 0.571. The van der Waals surface area contributed by atoms with Gasteiger partial charge in [0.25, 0.3) is 0 Å². The first-order chi connectivity index (χ1) is 14.3. The van der Waals surface area contributed by atoms with Crippen molar-refractivity contribution in [2.75, 3.05) is 54.5 Å².